The summed E-state index contributed by atoms with van der Waals surface area (Å²) >= 11 is 0. The average Bonchev–Trinajstić information content (AvgIpc) is 2.97. The van der Waals surface area contributed by atoms with Crippen molar-refractivity contribution < 1.29 is 9.21 Å². The molecule has 0 N–H and O–H groups in total. The van der Waals surface area contributed by atoms with Gasteiger partial charge in [-0.25, -0.2) is 4.98 Å². The molecule has 0 aromatic carbocycles. The van der Waals surface area contributed by atoms with Crippen LogP contribution in [-0.4, -0.2) is 42.3 Å². The van der Waals surface area contributed by atoms with E-state index in [9.17, 15) is 4.79 Å². The monoisotopic (exact) mass is 271 g/mol. The van der Waals surface area contributed by atoms with Gasteiger partial charge in [-0.2, -0.15) is 0 Å². The Balaban J connectivity index is 1.55. The van der Waals surface area contributed by atoms with Gasteiger partial charge in [0.05, 0.1) is 6.54 Å². The van der Waals surface area contributed by atoms with Gasteiger partial charge >= 0.3 is 0 Å². The van der Waals surface area contributed by atoms with Crippen molar-refractivity contribution >= 4 is 12.1 Å². The number of pyridine rings is 1. The Morgan fingerprint density at radius 3 is 2.65 bits per heavy atom. The van der Waals surface area contributed by atoms with E-state index in [1.54, 1.807) is 6.07 Å². The summed E-state index contributed by atoms with van der Waals surface area (Å²) in [6, 6.07) is 9.57. The molecule has 5 nitrogen and oxygen atoms in total. The lowest BCUT2D eigenvalue weighted by atomic mass is 10.3. The second-order valence-electron chi connectivity index (χ2n) is 4.87. The van der Waals surface area contributed by atoms with Crippen LogP contribution < -0.4 is 4.90 Å². The van der Waals surface area contributed by atoms with Crippen molar-refractivity contribution in [2.24, 2.45) is 0 Å². The summed E-state index contributed by atoms with van der Waals surface area (Å²) < 4.78 is 5.41. The zero-order chi connectivity index (χ0) is 13.8. The molecule has 1 saturated heterocycles. The Bertz CT molecular complexity index is 560. The van der Waals surface area contributed by atoms with Crippen molar-refractivity contribution in [1.29, 1.82) is 0 Å². The summed E-state index contributed by atoms with van der Waals surface area (Å²) in [6.07, 6.45) is 2.56. The molecule has 1 aliphatic rings. The van der Waals surface area contributed by atoms with Crippen LogP contribution in [-0.2, 0) is 6.54 Å². The zero-order valence-corrected chi connectivity index (χ0v) is 11.2. The smallest absolute Gasteiger partial charge is 0.185 e. The summed E-state index contributed by atoms with van der Waals surface area (Å²) in [5, 5.41) is 0. The number of hydrogen-bond donors (Lipinski definition) is 0. The van der Waals surface area contributed by atoms with Gasteiger partial charge in [-0.1, -0.05) is 6.07 Å². The lowest BCUT2D eigenvalue weighted by Crippen LogP contribution is -2.46. The Hall–Kier alpha value is -2.14. The van der Waals surface area contributed by atoms with Gasteiger partial charge in [0, 0.05) is 32.4 Å². The normalized spacial score (nSPS) is 16.3. The maximum Gasteiger partial charge on any atom is 0.185 e. The number of hydrogen-bond acceptors (Lipinski definition) is 5. The molecule has 0 amide bonds. The van der Waals surface area contributed by atoms with Gasteiger partial charge in [-0.3, -0.25) is 9.69 Å². The molecule has 3 heterocycles. The standard InChI is InChI=1S/C15H17N3O2/c19-12-14-5-4-13(20-14)11-17-7-9-18(10-8-17)15-3-1-2-6-16-15/h1-6,12H,7-11H2. The van der Waals surface area contributed by atoms with E-state index >= 15 is 0 Å². The molecular formula is C15H17N3O2. The Labute approximate surface area is 117 Å². The van der Waals surface area contributed by atoms with Crippen LogP contribution in [0.5, 0.6) is 0 Å². The molecule has 0 bridgehead atoms. The molecule has 1 fully saturated rings. The van der Waals surface area contributed by atoms with Crippen molar-refractivity contribution in [2.75, 3.05) is 31.1 Å². The summed E-state index contributed by atoms with van der Waals surface area (Å²) in [5.41, 5.74) is 0. The lowest BCUT2D eigenvalue weighted by molar-refractivity contribution is 0.109. The highest BCUT2D eigenvalue weighted by molar-refractivity contribution is 5.70. The van der Waals surface area contributed by atoms with E-state index in [0.717, 1.165) is 50.6 Å². The minimum Gasteiger partial charge on any atom is -0.457 e. The molecule has 5 heteroatoms. The van der Waals surface area contributed by atoms with E-state index in [1.165, 1.54) is 0 Å². The minimum absolute atomic E-state index is 0.395. The van der Waals surface area contributed by atoms with Crippen molar-refractivity contribution in [3.05, 3.63) is 48.0 Å². The van der Waals surface area contributed by atoms with Crippen LogP contribution in [0.15, 0.2) is 40.9 Å². The molecule has 104 valence electrons. The van der Waals surface area contributed by atoms with E-state index in [0.29, 0.717) is 5.76 Å². The number of carbonyl (C=O) groups is 1. The molecule has 0 unspecified atom stereocenters. The van der Waals surface area contributed by atoms with Gasteiger partial charge in [0.25, 0.3) is 0 Å². The van der Waals surface area contributed by atoms with Crippen LogP contribution in [0.3, 0.4) is 0 Å². The summed E-state index contributed by atoms with van der Waals surface area (Å²) in [4.78, 5) is 19.6. The predicted molar refractivity (Wildman–Crippen MR) is 75.8 cm³/mol. The summed E-state index contributed by atoms with van der Waals surface area (Å²) in [7, 11) is 0. The number of nitrogens with zero attached hydrogens (tertiary/aromatic N) is 3. The highest BCUT2D eigenvalue weighted by Crippen LogP contribution is 2.15. The van der Waals surface area contributed by atoms with Crippen molar-refractivity contribution in [2.45, 2.75) is 6.54 Å². The van der Waals surface area contributed by atoms with E-state index < -0.39 is 0 Å². The van der Waals surface area contributed by atoms with Crippen molar-refractivity contribution in [1.82, 2.24) is 9.88 Å². The molecule has 0 spiro atoms. The number of piperazine rings is 1. The van der Waals surface area contributed by atoms with Crippen LogP contribution in [0.1, 0.15) is 16.3 Å². The first-order valence-electron chi connectivity index (χ1n) is 6.77. The maximum absolute atomic E-state index is 10.6. The Morgan fingerprint density at radius 1 is 1.15 bits per heavy atom. The first-order valence-corrected chi connectivity index (χ1v) is 6.77. The van der Waals surface area contributed by atoms with E-state index in [1.807, 2.05) is 30.5 Å². The number of aldehydes is 1. The fourth-order valence-electron chi connectivity index (χ4n) is 2.44. The molecule has 1 aliphatic heterocycles. The molecule has 0 atom stereocenters. The summed E-state index contributed by atoms with van der Waals surface area (Å²) in [6.45, 7) is 4.60. The molecule has 2 aromatic heterocycles. The fourth-order valence-corrected chi connectivity index (χ4v) is 2.44. The van der Waals surface area contributed by atoms with Crippen LogP contribution >= 0.6 is 0 Å². The third-order valence-electron chi connectivity index (χ3n) is 3.52. The average molecular weight is 271 g/mol. The van der Waals surface area contributed by atoms with E-state index in [4.69, 9.17) is 4.42 Å². The highest BCUT2D eigenvalue weighted by atomic mass is 16.3. The van der Waals surface area contributed by atoms with E-state index in [-0.39, 0.29) is 0 Å². The van der Waals surface area contributed by atoms with Gasteiger partial charge in [-0.05, 0) is 24.3 Å². The maximum atomic E-state index is 10.6. The SMILES string of the molecule is O=Cc1ccc(CN2CCN(c3ccccn3)CC2)o1. The quantitative estimate of drug-likeness (QED) is 0.794. The second kappa shape index (κ2) is 5.88. The van der Waals surface area contributed by atoms with Crippen LogP contribution in [0.2, 0.25) is 0 Å². The second-order valence-corrected chi connectivity index (χ2v) is 4.87. The molecule has 0 radical (unpaired) electrons. The number of carbonyl (C=O) groups excluding carboxylic acids is 1. The van der Waals surface area contributed by atoms with Gasteiger partial charge < -0.3 is 9.32 Å². The molecule has 3 rings (SSSR count). The van der Waals surface area contributed by atoms with Crippen LogP contribution in [0.25, 0.3) is 0 Å². The first-order chi connectivity index (χ1) is 9.85. The molecule has 0 aliphatic carbocycles. The lowest BCUT2D eigenvalue weighted by Gasteiger charge is -2.34. The van der Waals surface area contributed by atoms with Gasteiger partial charge in [0.15, 0.2) is 12.0 Å². The molecule has 20 heavy (non-hydrogen) atoms. The van der Waals surface area contributed by atoms with Crippen molar-refractivity contribution in [3.63, 3.8) is 0 Å². The largest absolute Gasteiger partial charge is 0.457 e. The van der Waals surface area contributed by atoms with Gasteiger partial charge in [-0.15, -0.1) is 0 Å². The molecular weight excluding hydrogens is 254 g/mol. The zero-order valence-electron chi connectivity index (χ0n) is 11.2. The first kappa shape index (κ1) is 12.9. The highest BCUT2D eigenvalue weighted by Gasteiger charge is 2.18. The number of aromatic nitrogens is 1. The minimum atomic E-state index is 0.395. The number of anilines is 1. The van der Waals surface area contributed by atoms with Crippen LogP contribution in [0, 0.1) is 0 Å². The fraction of sp³-hybridized carbons (Fsp3) is 0.333. The summed E-state index contributed by atoms with van der Waals surface area (Å²) in [5.74, 6) is 2.28. The van der Waals surface area contributed by atoms with Crippen molar-refractivity contribution in [3.8, 4) is 0 Å². The Morgan fingerprint density at radius 2 is 2.00 bits per heavy atom. The van der Waals surface area contributed by atoms with E-state index in [2.05, 4.69) is 14.8 Å². The third kappa shape index (κ3) is 2.88. The van der Waals surface area contributed by atoms with Gasteiger partial charge in [0.2, 0.25) is 0 Å². The molecule has 2 aromatic rings. The number of rotatable bonds is 4. The third-order valence-corrected chi connectivity index (χ3v) is 3.52. The number of furan rings is 1. The molecule has 0 saturated carbocycles. The van der Waals surface area contributed by atoms with Gasteiger partial charge in [0.1, 0.15) is 11.6 Å². The topological polar surface area (TPSA) is 49.6 Å². The van der Waals surface area contributed by atoms with Crippen LogP contribution in [0.4, 0.5) is 5.82 Å². The predicted octanol–water partition coefficient (Wildman–Crippen LogP) is 1.81. The Kier molecular flexibility index (Phi) is 3.78.